The summed E-state index contributed by atoms with van der Waals surface area (Å²) in [5.74, 6) is 1.22. The lowest BCUT2D eigenvalue weighted by atomic mass is 10.1. The maximum atomic E-state index is 5.22. The number of fused-ring (bicyclic) bond motifs is 1. The van der Waals surface area contributed by atoms with Crippen molar-refractivity contribution in [2.45, 2.75) is 19.8 Å². The summed E-state index contributed by atoms with van der Waals surface area (Å²) in [5, 5.41) is 4.47. The number of nitrogens with zero attached hydrogens (tertiary/aromatic N) is 2. The molecule has 0 unspecified atom stereocenters. The Morgan fingerprint density at radius 2 is 2.14 bits per heavy atom. The second kappa shape index (κ2) is 3.33. The van der Waals surface area contributed by atoms with Crippen LogP contribution < -0.4 is 4.74 Å². The van der Waals surface area contributed by atoms with Gasteiger partial charge in [0.2, 0.25) is 5.88 Å². The van der Waals surface area contributed by atoms with Crippen LogP contribution in [-0.4, -0.2) is 16.7 Å². The first-order valence-corrected chi connectivity index (χ1v) is 4.75. The fourth-order valence-electron chi connectivity index (χ4n) is 1.45. The smallest absolute Gasteiger partial charge is 0.214 e. The van der Waals surface area contributed by atoms with Crippen molar-refractivity contribution in [3.63, 3.8) is 0 Å². The highest BCUT2D eigenvalue weighted by Crippen LogP contribution is 2.19. The van der Waals surface area contributed by atoms with Crippen LogP contribution >= 0.6 is 0 Å². The first-order chi connectivity index (χ1) is 6.72. The monoisotopic (exact) mass is 190 g/mol. The minimum atomic E-state index is 0.444. The van der Waals surface area contributed by atoms with E-state index in [-0.39, 0.29) is 0 Å². The summed E-state index contributed by atoms with van der Waals surface area (Å²) < 4.78 is 7.05. The molecular formula is C11H14N2O. The number of ether oxygens (including phenoxy) is 1. The normalized spacial score (nSPS) is 11.1. The minimum absolute atomic E-state index is 0.444. The van der Waals surface area contributed by atoms with Gasteiger partial charge in [0.15, 0.2) is 0 Å². The van der Waals surface area contributed by atoms with E-state index in [4.69, 9.17) is 4.74 Å². The van der Waals surface area contributed by atoms with Gasteiger partial charge >= 0.3 is 0 Å². The first kappa shape index (κ1) is 9.06. The summed E-state index contributed by atoms with van der Waals surface area (Å²) in [6, 6.07) is 8.00. The van der Waals surface area contributed by atoms with Crippen LogP contribution in [0.2, 0.25) is 0 Å². The molecule has 2 rings (SSSR count). The lowest BCUT2D eigenvalue weighted by molar-refractivity contribution is 0.385. The molecule has 0 amide bonds. The zero-order valence-corrected chi connectivity index (χ0v) is 8.69. The molecule has 0 saturated carbocycles. The second-order valence-electron chi connectivity index (χ2n) is 3.63. The maximum Gasteiger partial charge on any atom is 0.214 e. The fraction of sp³-hybridized carbons (Fsp3) is 0.364. The van der Waals surface area contributed by atoms with Gasteiger partial charge in [0, 0.05) is 6.07 Å². The molecular weight excluding hydrogens is 176 g/mol. The molecule has 2 heterocycles. The number of hydrogen-bond acceptors (Lipinski definition) is 2. The van der Waals surface area contributed by atoms with Crippen molar-refractivity contribution in [1.29, 1.82) is 0 Å². The van der Waals surface area contributed by atoms with Crippen molar-refractivity contribution in [2.75, 3.05) is 7.11 Å². The molecule has 0 spiro atoms. The van der Waals surface area contributed by atoms with Crippen molar-refractivity contribution in [3.05, 3.63) is 30.0 Å². The molecule has 0 aromatic carbocycles. The van der Waals surface area contributed by atoms with Crippen LogP contribution in [-0.2, 0) is 0 Å². The van der Waals surface area contributed by atoms with E-state index in [1.54, 1.807) is 7.11 Å². The Kier molecular flexibility index (Phi) is 2.15. The Balaban J connectivity index is 2.64. The van der Waals surface area contributed by atoms with Gasteiger partial charge in [0.05, 0.1) is 18.3 Å². The lowest BCUT2D eigenvalue weighted by Crippen LogP contribution is -1.96. The SMILES string of the molecule is COc1cccc2cc(C(C)C)nn12. The van der Waals surface area contributed by atoms with E-state index in [0.29, 0.717) is 5.92 Å². The summed E-state index contributed by atoms with van der Waals surface area (Å²) in [7, 11) is 1.66. The zero-order valence-electron chi connectivity index (χ0n) is 8.69. The van der Waals surface area contributed by atoms with Crippen LogP contribution in [0.4, 0.5) is 0 Å². The molecule has 2 aromatic heterocycles. The summed E-state index contributed by atoms with van der Waals surface area (Å²) >= 11 is 0. The Labute approximate surface area is 83.3 Å². The molecule has 0 aliphatic rings. The van der Waals surface area contributed by atoms with Crippen LogP contribution in [0.15, 0.2) is 24.3 Å². The van der Waals surface area contributed by atoms with Crippen molar-refractivity contribution < 1.29 is 4.74 Å². The van der Waals surface area contributed by atoms with E-state index in [1.165, 1.54) is 0 Å². The van der Waals surface area contributed by atoms with Gasteiger partial charge in [-0.2, -0.15) is 5.10 Å². The zero-order chi connectivity index (χ0) is 10.1. The van der Waals surface area contributed by atoms with E-state index in [9.17, 15) is 0 Å². The number of aromatic nitrogens is 2. The Bertz CT molecular complexity index is 445. The first-order valence-electron chi connectivity index (χ1n) is 4.75. The van der Waals surface area contributed by atoms with Crippen LogP contribution in [0.1, 0.15) is 25.5 Å². The Hall–Kier alpha value is -1.51. The molecule has 2 aromatic rings. The summed E-state index contributed by atoms with van der Waals surface area (Å²) in [6.07, 6.45) is 0. The van der Waals surface area contributed by atoms with Gasteiger partial charge in [-0.15, -0.1) is 0 Å². The van der Waals surface area contributed by atoms with Crippen LogP contribution in [0.5, 0.6) is 5.88 Å². The van der Waals surface area contributed by atoms with E-state index in [2.05, 4.69) is 25.0 Å². The second-order valence-corrected chi connectivity index (χ2v) is 3.63. The standard InChI is InChI=1S/C11H14N2O/c1-8(2)10-7-9-5-4-6-11(14-3)13(9)12-10/h4-8H,1-3H3. The molecule has 0 radical (unpaired) electrons. The topological polar surface area (TPSA) is 26.5 Å². The van der Waals surface area contributed by atoms with Gasteiger partial charge < -0.3 is 4.74 Å². The summed E-state index contributed by atoms with van der Waals surface area (Å²) in [5.41, 5.74) is 2.17. The number of rotatable bonds is 2. The van der Waals surface area contributed by atoms with Gasteiger partial charge in [0.1, 0.15) is 0 Å². The van der Waals surface area contributed by atoms with E-state index in [1.807, 2.05) is 22.7 Å². The van der Waals surface area contributed by atoms with Crippen molar-refractivity contribution in [1.82, 2.24) is 9.61 Å². The van der Waals surface area contributed by atoms with E-state index >= 15 is 0 Å². The summed E-state index contributed by atoms with van der Waals surface area (Å²) in [6.45, 7) is 4.27. The molecule has 0 saturated heterocycles. The summed E-state index contributed by atoms with van der Waals surface area (Å²) in [4.78, 5) is 0. The predicted octanol–water partition coefficient (Wildman–Crippen LogP) is 2.47. The van der Waals surface area contributed by atoms with Crippen LogP contribution in [0.25, 0.3) is 5.52 Å². The van der Waals surface area contributed by atoms with Gasteiger partial charge in [-0.3, -0.25) is 0 Å². The largest absolute Gasteiger partial charge is 0.481 e. The van der Waals surface area contributed by atoms with Crippen molar-refractivity contribution in [3.8, 4) is 5.88 Å². The molecule has 0 aliphatic heterocycles. The highest BCUT2D eigenvalue weighted by atomic mass is 16.5. The fourth-order valence-corrected chi connectivity index (χ4v) is 1.45. The third-order valence-corrected chi connectivity index (χ3v) is 2.27. The number of pyridine rings is 1. The van der Waals surface area contributed by atoms with E-state index in [0.717, 1.165) is 17.1 Å². The third kappa shape index (κ3) is 1.35. The molecule has 74 valence electrons. The molecule has 14 heavy (non-hydrogen) atoms. The number of methoxy groups -OCH3 is 1. The molecule has 3 heteroatoms. The average molecular weight is 190 g/mol. The highest BCUT2D eigenvalue weighted by molar-refractivity contribution is 5.50. The van der Waals surface area contributed by atoms with E-state index < -0.39 is 0 Å². The molecule has 0 N–H and O–H groups in total. The Morgan fingerprint density at radius 3 is 2.79 bits per heavy atom. The van der Waals surface area contributed by atoms with Crippen LogP contribution in [0.3, 0.4) is 0 Å². The minimum Gasteiger partial charge on any atom is -0.481 e. The average Bonchev–Trinajstić information content (AvgIpc) is 2.60. The molecule has 3 nitrogen and oxygen atoms in total. The van der Waals surface area contributed by atoms with Crippen molar-refractivity contribution in [2.24, 2.45) is 0 Å². The Morgan fingerprint density at radius 1 is 1.36 bits per heavy atom. The molecule has 0 aliphatic carbocycles. The third-order valence-electron chi connectivity index (χ3n) is 2.27. The predicted molar refractivity (Wildman–Crippen MR) is 55.8 cm³/mol. The van der Waals surface area contributed by atoms with Gasteiger partial charge in [-0.25, -0.2) is 4.52 Å². The van der Waals surface area contributed by atoms with Crippen molar-refractivity contribution >= 4 is 5.52 Å². The highest BCUT2D eigenvalue weighted by Gasteiger charge is 2.07. The van der Waals surface area contributed by atoms with Gasteiger partial charge in [-0.1, -0.05) is 19.9 Å². The molecule has 0 bridgehead atoms. The lowest BCUT2D eigenvalue weighted by Gasteiger charge is -2.01. The maximum absolute atomic E-state index is 5.22. The van der Waals surface area contributed by atoms with Gasteiger partial charge in [-0.05, 0) is 18.1 Å². The van der Waals surface area contributed by atoms with Crippen LogP contribution in [0, 0.1) is 0 Å². The number of hydrogen-bond donors (Lipinski definition) is 0. The molecule has 0 fully saturated rings. The quantitative estimate of drug-likeness (QED) is 0.727. The molecule has 0 atom stereocenters. The van der Waals surface area contributed by atoms with Gasteiger partial charge in [0.25, 0.3) is 0 Å².